The van der Waals surface area contributed by atoms with E-state index in [4.69, 9.17) is 4.52 Å². The molecule has 27 heavy (non-hydrogen) atoms. The predicted molar refractivity (Wildman–Crippen MR) is 98.3 cm³/mol. The fourth-order valence-corrected chi connectivity index (χ4v) is 3.76. The first-order valence-electron chi connectivity index (χ1n) is 9.05. The zero-order valence-corrected chi connectivity index (χ0v) is 15.4. The smallest absolute Gasteiger partial charge is 0.318 e. The van der Waals surface area contributed by atoms with Crippen molar-refractivity contribution in [2.24, 2.45) is 0 Å². The monoisotopic (exact) mass is 366 g/mol. The lowest BCUT2D eigenvalue weighted by atomic mass is 10.0. The van der Waals surface area contributed by atoms with Crippen LogP contribution in [0.5, 0.6) is 0 Å². The standard InChI is InChI=1S/C19H22N6O2/c1-13-18(14(2)27-23-13)17-8-5-9-24(17)19(26)21-10-15-6-3-4-7-16(15)25-12-20-11-22-25/h3-4,6-7,11-12,17H,5,8-10H2,1-2H3,(H,21,26). The molecule has 1 atom stereocenters. The number of aromatic nitrogens is 4. The third-order valence-corrected chi connectivity index (χ3v) is 5.02. The molecular formula is C19H22N6O2. The van der Waals surface area contributed by atoms with E-state index in [1.165, 1.54) is 6.33 Å². The van der Waals surface area contributed by atoms with Gasteiger partial charge in [-0.05, 0) is 38.3 Å². The highest BCUT2D eigenvalue weighted by Gasteiger charge is 2.33. The molecule has 1 aromatic carbocycles. The molecule has 8 nitrogen and oxygen atoms in total. The Bertz CT molecular complexity index is 914. The highest BCUT2D eigenvalue weighted by atomic mass is 16.5. The van der Waals surface area contributed by atoms with E-state index in [0.717, 1.165) is 47.7 Å². The van der Waals surface area contributed by atoms with E-state index >= 15 is 0 Å². The number of amides is 2. The molecule has 0 aliphatic carbocycles. The maximum Gasteiger partial charge on any atom is 0.318 e. The summed E-state index contributed by atoms with van der Waals surface area (Å²) in [7, 11) is 0. The number of benzene rings is 1. The second-order valence-electron chi connectivity index (χ2n) is 6.72. The van der Waals surface area contributed by atoms with E-state index in [1.807, 2.05) is 43.0 Å². The summed E-state index contributed by atoms with van der Waals surface area (Å²) in [6.45, 7) is 4.97. The number of carbonyl (C=O) groups is 1. The van der Waals surface area contributed by atoms with Gasteiger partial charge in [0.2, 0.25) is 0 Å². The number of likely N-dealkylation sites (tertiary alicyclic amines) is 1. The Morgan fingerprint density at radius 3 is 2.93 bits per heavy atom. The number of para-hydroxylation sites is 1. The third-order valence-electron chi connectivity index (χ3n) is 5.02. The summed E-state index contributed by atoms with van der Waals surface area (Å²) < 4.78 is 7.00. The molecule has 0 bridgehead atoms. The number of hydrogen-bond donors (Lipinski definition) is 1. The summed E-state index contributed by atoms with van der Waals surface area (Å²) in [6.07, 6.45) is 5.03. The van der Waals surface area contributed by atoms with Gasteiger partial charge in [-0.15, -0.1) is 0 Å². The lowest BCUT2D eigenvalue weighted by Gasteiger charge is -2.25. The average molecular weight is 366 g/mol. The van der Waals surface area contributed by atoms with E-state index in [1.54, 1.807) is 11.0 Å². The maximum absolute atomic E-state index is 12.9. The molecule has 3 heterocycles. The molecule has 8 heteroatoms. The highest BCUT2D eigenvalue weighted by molar-refractivity contribution is 5.75. The van der Waals surface area contributed by atoms with Gasteiger partial charge in [-0.2, -0.15) is 5.10 Å². The highest BCUT2D eigenvalue weighted by Crippen LogP contribution is 2.35. The van der Waals surface area contributed by atoms with Gasteiger partial charge in [0, 0.05) is 18.7 Å². The van der Waals surface area contributed by atoms with E-state index in [9.17, 15) is 4.79 Å². The van der Waals surface area contributed by atoms with Crippen LogP contribution in [0.15, 0.2) is 41.4 Å². The first-order chi connectivity index (χ1) is 13.1. The Hall–Kier alpha value is -3.16. The lowest BCUT2D eigenvalue weighted by Crippen LogP contribution is -2.39. The number of urea groups is 1. The molecule has 140 valence electrons. The van der Waals surface area contributed by atoms with Crippen molar-refractivity contribution in [3.8, 4) is 5.69 Å². The van der Waals surface area contributed by atoms with E-state index in [2.05, 4.69) is 20.6 Å². The van der Waals surface area contributed by atoms with Crippen LogP contribution in [0.2, 0.25) is 0 Å². The number of hydrogen-bond acceptors (Lipinski definition) is 5. The molecule has 1 N–H and O–H groups in total. The molecule has 1 unspecified atom stereocenters. The Labute approximate surface area is 157 Å². The fraction of sp³-hybridized carbons (Fsp3) is 0.368. The van der Waals surface area contributed by atoms with Crippen LogP contribution in [0.3, 0.4) is 0 Å². The number of nitrogens with zero attached hydrogens (tertiary/aromatic N) is 5. The summed E-state index contributed by atoms with van der Waals surface area (Å²) >= 11 is 0. The predicted octanol–water partition coefficient (Wildman–Crippen LogP) is 2.92. The molecule has 3 aromatic rings. The Kier molecular flexibility index (Phi) is 4.62. The van der Waals surface area contributed by atoms with Crippen molar-refractivity contribution in [2.75, 3.05) is 6.54 Å². The van der Waals surface area contributed by atoms with Gasteiger partial charge in [0.15, 0.2) is 0 Å². The van der Waals surface area contributed by atoms with E-state index in [0.29, 0.717) is 6.54 Å². The van der Waals surface area contributed by atoms with Gasteiger partial charge in [-0.25, -0.2) is 14.5 Å². The van der Waals surface area contributed by atoms with Gasteiger partial charge in [-0.1, -0.05) is 23.4 Å². The van der Waals surface area contributed by atoms with Crippen LogP contribution < -0.4 is 5.32 Å². The fourth-order valence-electron chi connectivity index (χ4n) is 3.76. The first kappa shape index (κ1) is 17.3. The summed E-state index contributed by atoms with van der Waals surface area (Å²) in [6, 6.07) is 7.76. The van der Waals surface area contributed by atoms with Gasteiger partial charge >= 0.3 is 6.03 Å². The number of aryl methyl sites for hydroxylation is 2. The molecular weight excluding hydrogens is 344 g/mol. The van der Waals surface area contributed by atoms with E-state index < -0.39 is 0 Å². The van der Waals surface area contributed by atoms with Crippen LogP contribution in [0, 0.1) is 13.8 Å². The quantitative estimate of drug-likeness (QED) is 0.767. The van der Waals surface area contributed by atoms with Gasteiger partial charge in [0.05, 0.1) is 17.4 Å². The SMILES string of the molecule is Cc1noc(C)c1C1CCCN1C(=O)NCc1ccccc1-n1cncn1. The minimum atomic E-state index is -0.0779. The zero-order chi connectivity index (χ0) is 18.8. The molecule has 1 aliphatic rings. The van der Waals surface area contributed by atoms with Crippen molar-refractivity contribution in [1.29, 1.82) is 0 Å². The largest absolute Gasteiger partial charge is 0.361 e. The molecule has 2 amide bonds. The maximum atomic E-state index is 12.9. The van der Waals surface area contributed by atoms with Crippen molar-refractivity contribution in [1.82, 2.24) is 30.1 Å². The second kappa shape index (κ2) is 7.22. The van der Waals surface area contributed by atoms with Crippen molar-refractivity contribution in [3.63, 3.8) is 0 Å². The minimum absolute atomic E-state index is 0.0156. The van der Waals surface area contributed by atoms with Crippen molar-refractivity contribution in [2.45, 2.75) is 39.3 Å². The summed E-state index contributed by atoms with van der Waals surface area (Å²) in [5.74, 6) is 0.786. The summed E-state index contributed by atoms with van der Waals surface area (Å²) in [5, 5.41) is 11.3. The van der Waals surface area contributed by atoms with Gasteiger partial charge in [-0.3, -0.25) is 0 Å². The van der Waals surface area contributed by atoms with Crippen LogP contribution in [0.4, 0.5) is 4.79 Å². The van der Waals surface area contributed by atoms with Crippen molar-refractivity contribution >= 4 is 6.03 Å². The van der Waals surface area contributed by atoms with Crippen LogP contribution in [0.1, 0.15) is 41.5 Å². The van der Waals surface area contributed by atoms with Crippen molar-refractivity contribution in [3.05, 3.63) is 59.5 Å². The molecule has 0 spiro atoms. The van der Waals surface area contributed by atoms with Crippen molar-refractivity contribution < 1.29 is 9.32 Å². The van der Waals surface area contributed by atoms with Crippen LogP contribution in [-0.4, -0.2) is 37.4 Å². The third kappa shape index (κ3) is 3.30. The molecule has 1 saturated heterocycles. The summed E-state index contributed by atoms with van der Waals surface area (Å²) in [5.41, 5.74) is 3.77. The van der Waals surface area contributed by atoms with Gasteiger partial charge in [0.25, 0.3) is 0 Å². The molecule has 1 aliphatic heterocycles. The first-order valence-corrected chi connectivity index (χ1v) is 9.05. The van der Waals surface area contributed by atoms with Gasteiger partial charge in [0.1, 0.15) is 18.4 Å². The number of nitrogens with one attached hydrogen (secondary N) is 1. The molecule has 0 saturated carbocycles. The Morgan fingerprint density at radius 1 is 1.33 bits per heavy atom. The second-order valence-corrected chi connectivity index (χ2v) is 6.72. The number of carbonyl (C=O) groups excluding carboxylic acids is 1. The van der Waals surface area contributed by atoms with Gasteiger partial charge < -0.3 is 14.7 Å². The molecule has 2 aromatic heterocycles. The molecule has 0 radical (unpaired) electrons. The topological polar surface area (TPSA) is 89.1 Å². The zero-order valence-electron chi connectivity index (χ0n) is 15.4. The minimum Gasteiger partial charge on any atom is -0.361 e. The van der Waals surface area contributed by atoms with Crippen LogP contribution in [0.25, 0.3) is 5.69 Å². The van der Waals surface area contributed by atoms with E-state index in [-0.39, 0.29) is 12.1 Å². The average Bonchev–Trinajstić information content (AvgIpc) is 3.41. The lowest BCUT2D eigenvalue weighted by molar-refractivity contribution is 0.192. The number of rotatable bonds is 4. The van der Waals surface area contributed by atoms with Crippen LogP contribution >= 0.6 is 0 Å². The Balaban J connectivity index is 1.49. The Morgan fingerprint density at radius 2 is 2.19 bits per heavy atom. The molecule has 4 rings (SSSR count). The normalized spacial score (nSPS) is 16.7. The van der Waals surface area contributed by atoms with Crippen LogP contribution in [-0.2, 0) is 6.54 Å². The summed E-state index contributed by atoms with van der Waals surface area (Å²) in [4.78, 5) is 18.7. The molecule has 1 fully saturated rings.